The van der Waals surface area contributed by atoms with Crippen molar-refractivity contribution in [3.63, 3.8) is 0 Å². The molecule has 0 radical (unpaired) electrons. The Labute approximate surface area is 97.0 Å². The van der Waals surface area contributed by atoms with Crippen LogP contribution < -0.4 is 4.74 Å². The fourth-order valence-electron chi connectivity index (χ4n) is 1.80. The van der Waals surface area contributed by atoms with E-state index in [4.69, 9.17) is 14.3 Å². The number of hydrogen-bond acceptors (Lipinski definition) is 4. The molecule has 1 heterocycles. The molecule has 1 aromatic carbocycles. The van der Waals surface area contributed by atoms with Gasteiger partial charge in [0.1, 0.15) is 5.75 Å². The van der Waals surface area contributed by atoms with Gasteiger partial charge in [0, 0.05) is 5.92 Å². The maximum Gasteiger partial charge on any atom is 0.335 e. The summed E-state index contributed by atoms with van der Waals surface area (Å²) in [5, 5.41) is 8.97. The molecular formula is C12H11NO4. The predicted octanol–water partition coefficient (Wildman–Crippen LogP) is 2.41. The molecule has 0 bridgehead atoms. The van der Waals surface area contributed by atoms with E-state index in [1.807, 2.05) is 0 Å². The number of fused-ring (bicyclic) bond motifs is 1. The summed E-state index contributed by atoms with van der Waals surface area (Å²) in [4.78, 5) is 15.3. The zero-order valence-corrected chi connectivity index (χ0v) is 9.27. The van der Waals surface area contributed by atoms with Crippen LogP contribution in [0.4, 0.5) is 0 Å². The summed E-state index contributed by atoms with van der Waals surface area (Å²) in [5.74, 6) is 0.506. The lowest BCUT2D eigenvalue weighted by Gasteiger charge is -2.01. The number of carboxylic acid groups (broad SMARTS) is 1. The number of methoxy groups -OCH3 is 1. The number of carbonyl (C=O) groups is 1. The number of rotatable bonds is 3. The lowest BCUT2D eigenvalue weighted by atomic mass is 10.2. The molecule has 1 aliphatic carbocycles. The molecule has 88 valence electrons. The molecule has 5 heteroatoms. The second kappa shape index (κ2) is 3.48. The first-order chi connectivity index (χ1) is 8.19. The normalized spacial score (nSPS) is 15.1. The Bertz CT molecular complexity index is 598. The second-order valence-corrected chi connectivity index (χ2v) is 4.16. The van der Waals surface area contributed by atoms with Gasteiger partial charge >= 0.3 is 5.97 Å². The number of aromatic carboxylic acids is 1. The highest BCUT2D eigenvalue weighted by molar-refractivity contribution is 5.94. The summed E-state index contributed by atoms with van der Waals surface area (Å²) in [7, 11) is 1.49. The molecule has 0 atom stereocenters. The van der Waals surface area contributed by atoms with Crippen LogP contribution in [0, 0.1) is 0 Å². The molecule has 5 nitrogen and oxygen atoms in total. The van der Waals surface area contributed by atoms with Gasteiger partial charge in [0.2, 0.25) is 0 Å². The number of benzene rings is 1. The summed E-state index contributed by atoms with van der Waals surface area (Å²) in [5.41, 5.74) is 1.22. The van der Waals surface area contributed by atoms with Crippen molar-refractivity contribution in [3.05, 3.63) is 23.6 Å². The van der Waals surface area contributed by atoms with Gasteiger partial charge in [0.05, 0.1) is 12.7 Å². The predicted molar refractivity (Wildman–Crippen MR) is 59.5 cm³/mol. The fraction of sp³-hybridized carbons (Fsp3) is 0.333. The zero-order chi connectivity index (χ0) is 12.0. The fourth-order valence-corrected chi connectivity index (χ4v) is 1.80. The van der Waals surface area contributed by atoms with Crippen LogP contribution in [-0.4, -0.2) is 23.2 Å². The molecule has 0 aliphatic heterocycles. The van der Waals surface area contributed by atoms with Gasteiger partial charge in [-0.1, -0.05) is 0 Å². The Morgan fingerprint density at radius 2 is 2.29 bits per heavy atom. The average molecular weight is 233 g/mol. The summed E-state index contributed by atoms with van der Waals surface area (Å²) in [6.07, 6.45) is 2.17. The van der Waals surface area contributed by atoms with Crippen molar-refractivity contribution in [1.29, 1.82) is 0 Å². The Kier molecular flexibility index (Phi) is 2.07. The summed E-state index contributed by atoms with van der Waals surface area (Å²) >= 11 is 0. The van der Waals surface area contributed by atoms with Crippen molar-refractivity contribution >= 4 is 17.1 Å². The third-order valence-electron chi connectivity index (χ3n) is 2.87. The third kappa shape index (κ3) is 1.63. The quantitative estimate of drug-likeness (QED) is 0.881. The standard InChI is InChI=1S/C12H11NO4/c1-16-8-4-7(12(14)15)5-9-10(8)13-11(17-9)6-2-3-6/h4-6H,2-3H2,1H3,(H,14,15). The molecule has 1 fully saturated rings. The molecule has 0 unspecified atom stereocenters. The van der Waals surface area contributed by atoms with Crippen LogP contribution in [0.25, 0.3) is 11.1 Å². The zero-order valence-electron chi connectivity index (χ0n) is 9.27. The minimum atomic E-state index is -1.01. The minimum Gasteiger partial charge on any atom is -0.494 e. The first-order valence-electron chi connectivity index (χ1n) is 5.41. The first-order valence-corrected chi connectivity index (χ1v) is 5.41. The second-order valence-electron chi connectivity index (χ2n) is 4.16. The SMILES string of the molecule is COc1cc(C(=O)O)cc2oc(C3CC3)nc12. The van der Waals surface area contributed by atoms with Crippen LogP contribution in [0.2, 0.25) is 0 Å². The van der Waals surface area contributed by atoms with Crippen molar-refractivity contribution in [2.75, 3.05) is 7.11 Å². The van der Waals surface area contributed by atoms with Crippen LogP contribution in [0.3, 0.4) is 0 Å². The van der Waals surface area contributed by atoms with Crippen LogP contribution in [0.15, 0.2) is 16.5 Å². The molecule has 1 N–H and O–H groups in total. The van der Waals surface area contributed by atoms with Gasteiger partial charge < -0.3 is 14.3 Å². The van der Waals surface area contributed by atoms with Gasteiger partial charge in [-0.25, -0.2) is 9.78 Å². The van der Waals surface area contributed by atoms with E-state index in [1.165, 1.54) is 19.2 Å². The van der Waals surface area contributed by atoms with Gasteiger partial charge in [-0.3, -0.25) is 0 Å². The Hall–Kier alpha value is -2.04. The largest absolute Gasteiger partial charge is 0.494 e. The molecule has 2 aromatic rings. The van der Waals surface area contributed by atoms with Crippen molar-refractivity contribution in [2.24, 2.45) is 0 Å². The van der Waals surface area contributed by atoms with E-state index >= 15 is 0 Å². The minimum absolute atomic E-state index is 0.146. The molecule has 0 spiro atoms. The Balaban J connectivity index is 2.21. The molecule has 17 heavy (non-hydrogen) atoms. The highest BCUT2D eigenvalue weighted by Gasteiger charge is 2.29. The van der Waals surface area contributed by atoms with Crippen molar-refractivity contribution in [3.8, 4) is 5.75 Å². The summed E-state index contributed by atoms with van der Waals surface area (Å²) in [6, 6.07) is 2.95. The van der Waals surface area contributed by atoms with E-state index in [9.17, 15) is 4.79 Å². The summed E-state index contributed by atoms with van der Waals surface area (Å²) < 4.78 is 10.7. The maximum atomic E-state index is 10.9. The van der Waals surface area contributed by atoms with Crippen molar-refractivity contribution < 1.29 is 19.1 Å². The van der Waals surface area contributed by atoms with E-state index in [-0.39, 0.29) is 5.56 Å². The van der Waals surface area contributed by atoms with E-state index in [1.54, 1.807) is 0 Å². The van der Waals surface area contributed by atoms with Crippen LogP contribution >= 0.6 is 0 Å². The average Bonchev–Trinajstić information content (AvgIpc) is 3.07. The van der Waals surface area contributed by atoms with Crippen LogP contribution in [0.1, 0.15) is 35.0 Å². The van der Waals surface area contributed by atoms with E-state index in [2.05, 4.69) is 4.98 Å². The maximum absolute atomic E-state index is 10.9. The van der Waals surface area contributed by atoms with Gasteiger partial charge in [-0.15, -0.1) is 0 Å². The van der Waals surface area contributed by atoms with Gasteiger partial charge in [0.15, 0.2) is 17.0 Å². The number of oxazole rings is 1. The molecule has 0 saturated heterocycles. The van der Waals surface area contributed by atoms with Crippen LogP contribution in [-0.2, 0) is 0 Å². The topological polar surface area (TPSA) is 72.6 Å². The van der Waals surface area contributed by atoms with Gasteiger partial charge in [-0.2, -0.15) is 0 Å². The Morgan fingerprint density at radius 3 is 2.88 bits per heavy atom. The van der Waals surface area contributed by atoms with Crippen molar-refractivity contribution in [1.82, 2.24) is 4.98 Å². The van der Waals surface area contributed by atoms with Gasteiger partial charge in [-0.05, 0) is 25.0 Å². The number of ether oxygens (including phenoxy) is 1. The first kappa shape index (κ1) is 10.1. The lowest BCUT2D eigenvalue weighted by molar-refractivity contribution is 0.0696. The molecule has 1 aromatic heterocycles. The number of carboxylic acids is 1. The highest BCUT2D eigenvalue weighted by Crippen LogP contribution is 2.41. The number of hydrogen-bond donors (Lipinski definition) is 1. The van der Waals surface area contributed by atoms with Crippen LogP contribution in [0.5, 0.6) is 5.75 Å². The number of nitrogens with zero attached hydrogens (tertiary/aromatic N) is 1. The van der Waals surface area contributed by atoms with E-state index < -0.39 is 5.97 Å². The Morgan fingerprint density at radius 1 is 1.53 bits per heavy atom. The molecule has 0 amide bonds. The molecule has 1 saturated carbocycles. The van der Waals surface area contributed by atoms with E-state index in [0.29, 0.717) is 28.7 Å². The third-order valence-corrected chi connectivity index (χ3v) is 2.87. The molecule has 3 rings (SSSR count). The molecular weight excluding hydrogens is 222 g/mol. The summed E-state index contributed by atoms with van der Waals surface area (Å²) in [6.45, 7) is 0. The van der Waals surface area contributed by atoms with Gasteiger partial charge in [0.25, 0.3) is 0 Å². The van der Waals surface area contributed by atoms with E-state index in [0.717, 1.165) is 12.8 Å². The smallest absolute Gasteiger partial charge is 0.335 e. The van der Waals surface area contributed by atoms with Crippen molar-refractivity contribution in [2.45, 2.75) is 18.8 Å². The molecule has 1 aliphatic rings. The highest BCUT2D eigenvalue weighted by atomic mass is 16.5. The monoisotopic (exact) mass is 233 g/mol. The lowest BCUT2D eigenvalue weighted by Crippen LogP contribution is -1.97. The number of aromatic nitrogens is 1.